The van der Waals surface area contributed by atoms with Crippen molar-refractivity contribution in [3.8, 4) is 0 Å². The molecular formula is C16H24NO5PS. The molecule has 0 bridgehead atoms. The van der Waals surface area contributed by atoms with Gasteiger partial charge in [0.05, 0.1) is 18.5 Å². The van der Waals surface area contributed by atoms with E-state index in [-0.39, 0.29) is 12.2 Å². The minimum Gasteiger partial charge on any atom is -0.304 e. The van der Waals surface area contributed by atoms with Crippen LogP contribution in [-0.2, 0) is 23.6 Å². The summed E-state index contributed by atoms with van der Waals surface area (Å²) < 4.78 is 50.6. The van der Waals surface area contributed by atoms with E-state index in [2.05, 4.69) is 0 Å². The van der Waals surface area contributed by atoms with Gasteiger partial charge in [0, 0.05) is 6.20 Å². The van der Waals surface area contributed by atoms with E-state index in [0.717, 1.165) is 16.1 Å². The molecule has 1 heterocycles. The van der Waals surface area contributed by atoms with Crippen LogP contribution >= 0.6 is 7.60 Å². The molecule has 0 saturated carbocycles. The van der Waals surface area contributed by atoms with Crippen molar-refractivity contribution in [3.05, 3.63) is 41.6 Å². The van der Waals surface area contributed by atoms with Crippen molar-refractivity contribution in [2.75, 3.05) is 6.26 Å². The van der Waals surface area contributed by atoms with E-state index in [1.807, 2.05) is 12.1 Å². The van der Waals surface area contributed by atoms with E-state index >= 15 is 0 Å². The Labute approximate surface area is 144 Å². The highest BCUT2D eigenvalue weighted by molar-refractivity contribution is 7.88. The molecule has 1 aromatic carbocycles. The topological polar surface area (TPSA) is 72.9 Å². The van der Waals surface area contributed by atoms with Gasteiger partial charge >= 0.3 is 7.60 Å². The summed E-state index contributed by atoms with van der Waals surface area (Å²) >= 11 is 0. The van der Waals surface area contributed by atoms with E-state index < -0.39 is 23.4 Å². The molecule has 0 amide bonds. The average molecular weight is 373 g/mol. The Hall–Kier alpha value is -1.14. The normalized spacial score (nSPS) is 18.3. The van der Waals surface area contributed by atoms with Crippen LogP contribution in [0.25, 0.3) is 6.08 Å². The third kappa shape index (κ3) is 4.09. The van der Waals surface area contributed by atoms with E-state index in [1.54, 1.807) is 45.9 Å². The minimum atomic E-state index is -3.80. The van der Waals surface area contributed by atoms with Gasteiger partial charge in [0.25, 0.3) is 0 Å². The number of sulfonamides is 1. The van der Waals surface area contributed by atoms with Gasteiger partial charge in [0.15, 0.2) is 5.78 Å². The van der Waals surface area contributed by atoms with Crippen LogP contribution in [0.1, 0.15) is 44.6 Å². The maximum absolute atomic E-state index is 13.6. The van der Waals surface area contributed by atoms with Crippen LogP contribution in [0.5, 0.6) is 0 Å². The van der Waals surface area contributed by atoms with Gasteiger partial charge in [-0.05, 0) is 44.9 Å². The first kappa shape index (κ1) is 19.2. The van der Waals surface area contributed by atoms with Gasteiger partial charge in [-0.15, -0.1) is 0 Å². The Morgan fingerprint density at radius 3 is 2.12 bits per heavy atom. The van der Waals surface area contributed by atoms with Crippen LogP contribution in [0.4, 0.5) is 0 Å². The van der Waals surface area contributed by atoms with Crippen LogP contribution in [0, 0.1) is 0 Å². The molecule has 24 heavy (non-hydrogen) atoms. The predicted molar refractivity (Wildman–Crippen MR) is 94.9 cm³/mol. The fourth-order valence-electron chi connectivity index (χ4n) is 2.60. The zero-order valence-corrected chi connectivity index (χ0v) is 16.3. The molecule has 134 valence electrons. The first-order chi connectivity index (χ1) is 11.0. The van der Waals surface area contributed by atoms with Crippen molar-refractivity contribution in [2.24, 2.45) is 0 Å². The third-order valence-corrected chi connectivity index (χ3v) is 7.13. The summed E-state index contributed by atoms with van der Waals surface area (Å²) in [4.78, 5) is 0. The number of benzene rings is 1. The quantitative estimate of drug-likeness (QED) is 0.706. The summed E-state index contributed by atoms with van der Waals surface area (Å²) in [6, 6.07) is 7.21. The summed E-state index contributed by atoms with van der Waals surface area (Å²) in [5, 5.41) is 0. The Bertz CT molecular complexity index is 758. The molecule has 1 aromatic rings. The van der Waals surface area contributed by atoms with Crippen LogP contribution in [0.15, 0.2) is 30.5 Å². The van der Waals surface area contributed by atoms with Crippen LogP contribution in [0.3, 0.4) is 0 Å². The summed E-state index contributed by atoms with van der Waals surface area (Å²) in [5.41, 5.74) is 1.40. The van der Waals surface area contributed by atoms with Gasteiger partial charge in [-0.3, -0.25) is 8.87 Å². The Morgan fingerprint density at radius 1 is 1.08 bits per heavy atom. The van der Waals surface area contributed by atoms with Gasteiger partial charge in [0.2, 0.25) is 10.0 Å². The molecule has 0 aromatic heterocycles. The smallest absolute Gasteiger partial charge is 0.304 e. The third-order valence-electron chi connectivity index (χ3n) is 3.31. The zero-order valence-electron chi connectivity index (χ0n) is 14.5. The van der Waals surface area contributed by atoms with Crippen molar-refractivity contribution >= 4 is 23.7 Å². The molecule has 1 aliphatic heterocycles. The number of nitrogens with zero attached hydrogens (tertiary/aromatic N) is 1. The first-order valence-corrected chi connectivity index (χ1v) is 11.2. The summed E-state index contributed by atoms with van der Waals surface area (Å²) in [6.45, 7) is 6.97. The molecular weight excluding hydrogens is 349 g/mol. The molecule has 0 radical (unpaired) electrons. The van der Waals surface area contributed by atoms with Gasteiger partial charge < -0.3 is 9.05 Å². The van der Waals surface area contributed by atoms with Crippen molar-refractivity contribution in [3.63, 3.8) is 0 Å². The van der Waals surface area contributed by atoms with Gasteiger partial charge in [0.1, 0.15) is 0 Å². The summed E-state index contributed by atoms with van der Waals surface area (Å²) in [5.74, 6) is -1.04. The Kier molecular flexibility index (Phi) is 5.60. The molecule has 1 atom stereocenters. The monoisotopic (exact) mass is 373 g/mol. The maximum atomic E-state index is 13.6. The van der Waals surface area contributed by atoms with Crippen LogP contribution < -0.4 is 0 Å². The second-order valence-corrected chi connectivity index (χ2v) is 10.1. The second kappa shape index (κ2) is 7.00. The molecule has 1 unspecified atom stereocenters. The number of fused-ring (bicyclic) bond motifs is 1. The van der Waals surface area contributed by atoms with E-state index in [0.29, 0.717) is 5.56 Å². The maximum Gasteiger partial charge on any atom is 0.359 e. The molecule has 2 rings (SSSR count). The average Bonchev–Trinajstić information content (AvgIpc) is 2.43. The number of hydrogen-bond acceptors (Lipinski definition) is 5. The minimum absolute atomic E-state index is 0.380. The number of hydrogen-bond donors (Lipinski definition) is 0. The standard InChI is InChI=1S/C16H24NO5PS/c1-12(2)21-23(18,22-13(3)4)16-15-9-7-6-8-14(15)10-11-17(16)24(5,19)20/h6-13,16H,1-5H3. The predicted octanol–water partition coefficient (Wildman–Crippen LogP) is 3.97. The lowest BCUT2D eigenvalue weighted by atomic mass is 10.1. The molecule has 0 spiro atoms. The van der Waals surface area contributed by atoms with Crippen molar-refractivity contribution < 1.29 is 22.0 Å². The van der Waals surface area contributed by atoms with Gasteiger partial charge in [-0.2, -0.15) is 0 Å². The van der Waals surface area contributed by atoms with E-state index in [1.165, 1.54) is 6.20 Å². The highest BCUT2D eigenvalue weighted by Gasteiger charge is 2.47. The second-order valence-electron chi connectivity index (χ2n) is 6.26. The van der Waals surface area contributed by atoms with Gasteiger partial charge in [-0.1, -0.05) is 24.3 Å². The van der Waals surface area contributed by atoms with Crippen molar-refractivity contribution in [1.29, 1.82) is 0 Å². The fraction of sp³-hybridized carbons (Fsp3) is 0.500. The summed E-state index contributed by atoms with van der Waals surface area (Å²) in [7, 11) is -7.45. The Morgan fingerprint density at radius 2 is 1.62 bits per heavy atom. The molecule has 0 aliphatic carbocycles. The van der Waals surface area contributed by atoms with Crippen LogP contribution in [-0.4, -0.2) is 31.2 Å². The Balaban J connectivity index is 2.66. The molecule has 1 aliphatic rings. The summed E-state index contributed by atoms with van der Waals surface area (Å²) in [6.07, 6.45) is 3.42. The molecule has 0 saturated heterocycles. The van der Waals surface area contributed by atoms with Crippen molar-refractivity contribution in [2.45, 2.75) is 45.7 Å². The number of rotatable bonds is 6. The SMILES string of the molecule is CC(C)OP(=O)(OC(C)C)C1c2ccccc2C=CN1S(C)(=O)=O. The molecule has 0 N–H and O–H groups in total. The zero-order chi connectivity index (χ0) is 18.1. The fourth-order valence-corrected chi connectivity index (χ4v) is 6.61. The van der Waals surface area contributed by atoms with Crippen LogP contribution in [0.2, 0.25) is 0 Å². The lowest BCUT2D eigenvalue weighted by Gasteiger charge is -2.38. The molecule has 0 fully saturated rings. The lowest BCUT2D eigenvalue weighted by Crippen LogP contribution is -2.33. The van der Waals surface area contributed by atoms with Crippen molar-refractivity contribution in [1.82, 2.24) is 4.31 Å². The molecule has 8 heteroatoms. The largest absolute Gasteiger partial charge is 0.359 e. The highest BCUT2D eigenvalue weighted by atomic mass is 32.2. The lowest BCUT2D eigenvalue weighted by molar-refractivity contribution is 0.129. The van der Waals surface area contributed by atoms with E-state index in [9.17, 15) is 13.0 Å². The highest BCUT2D eigenvalue weighted by Crippen LogP contribution is 2.65. The first-order valence-electron chi connectivity index (χ1n) is 7.77. The van der Waals surface area contributed by atoms with E-state index in [4.69, 9.17) is 9.05 Å². The van der Waals surface area contributed by atoms with Gasteiger partial charge in [-0.25, -0.2) is 8.42 Å². The molecule has 6 nitrogen and oxygen atoms in total.